The van der Waals surface area contributed by atoms with E-state index in [2.05, 4.69) is 37.1 Å². The van der Waals surface area contributed by atoms with Crippen LogP contribution in [0.4, 0.5) is 5.13 Å². The minimum Gasteiger partial charge on any atom is -0.390 e. The molecule has 7 rings (SSSR count). The number of aryl methyl sites for hydroxylation is 1. The van der Waals surface area contributed by atoms with E-state index in [9.17, 15) is 14.7 Å². The summed E-state index contributed by atoms with van der Waals surface area (Å²) >= 11 is 1.46. The van der Waals surface area contributed by atoms with Gasteiger partial charge in [0.15, 0.2) is 11.0 Å². The van der Waals surface area contributed by atoms with Crippen molar-refractivity contribution in [3.8, 4) is 11.1 Å². The SMILES string of the molecule is Cc1cc(C(=O)N2CCN([C@H]3C[C@@H](C(=O)Nc4nc5ccc(-c6cnc(CO[C@H]7CCC[C@@H]7O)nc6)cc5s4)C3)[C@@H](C)C2)ccn1. The quantitative estimate of drug-likeness (QED) is 0.286. The number of anilines is 1. The number of rotatable bonds is 8. The third-order valence-corrected chi connectivity index (χ3v) is 10.5. The van der Waals surface area contributed by atoms with E-state index < -0.39 is 6.10 Å². The molecule has 0 spiro atoms. The Balaban J connectivity index is 0.902. The first kappa shape index (κ1) is 30.8. The monoisotopic (exact) mass is 641 g/mol. The van der Waals surface area contributed by atoms with E-state index in [4.69, 9.17) is 4.74 Å². The Labute approximate surface area is 272 Å². The van der Waals surface area contributed by atoms with Crippen LogP contribution in [0.25, 0.3) is 21.3 Å². The van der Waals surface area contributed by atoms with Crippen molar-refractivity contribution >= 4 is 38.5 Å². The molecule has 2 saturated carbocycles. The van der Waals surface area contributed by atoms with Crippen molar-refractivity contribution in [1.29, 1.82) is 0 Å². The average Bonchev–Trinajstić information content (AvgIpc) is 3.64. The number of aliphatic hydroxyl groups is 1. The molecule has 0 radical (unpaired) electrons. The van der Waals surface area contributed by atoms with Crippen LogP contribution in [0.3, 0.4) is 0 Å². The number of aliphatic hydroxyl groups excluding tert-OH is 1. The van der Waals surface area contributed by atoms with Crippen LogP contribution < -0.4 is 5.32 Å². The highest BCUT2D eigenvalue weighted by atomic mass is 32.1. The van der Waals surface area contributed by atoms with Crippen LogP contribution in [0, 0.1) is 12.8 Å². The molecule has 4 heterocycles. The van der Waals surface area contributed by atoms with Crippen LogP contribution in [-0.2, 0) is 16.1 Å². The van der Waals surface area contributed by atoms with Gasteiger partial charge in [-0.15, -0.1) is 0 Å². The molecule has 3 aromatic heterocycles. The van der Waals surface area contributed by atoms with Gasteiger partial charge < -0.3 is 20.1 Å². The number of hydrogen-bond donors (Lipinski definition) is 2. The lowest BCUT2D eigenvalue weighted by molar-refractivity contribution is -0.125. The number of pyridine rings is 1. The maximum absolute atomic E-state index is 13.1. The number of ether oxygens (including phenoxy) is 1. The normalized spacial score (nSPS) is 25.0. The van der Waals surface area contributed by atoms with Crippen molar-refractivity contribution in [3.05, 3.63) is 66.0 Å². The maximum Gasteiger partial charge on any atom is 0.254 e. The van der Waals surface area contributed by atoms with Crippen molar-refractivity contribution in [2.24, 2.45) is 5.92 Å². The van der Waals surface area contributed by atoms with Crippen molar-refractivity contribution in [2.45, 2.75) is 76.9 Å². The molecule has 12 heteroatoms. The Hall–Kier alpha value is -3.84. The number of nitrogens with zero attached hydrogens (tertiary/aromatic N) is 6. The predicted octanol–water partition coefficient (Wildman–Crippen LogP) is 4.45. The number of carbonyl (C=O) groups is 2. The number of hydrogen-bond acceptors (Lipinski definition) is 10. The fraction of sp³-hybridized carbons (Fsp3) is 0.471. The van der Waals surface area contributed by atoms with Gasteiger partial charge in [-0.2, -0.15) is 0 Å². The van der Waals surface area contributed by atoms with E-state index in [1.807, 2.05) is 36.1 Å². The lowest BCUT2D eigenvalue weighted by Crippen LogP contribution is -2.60. The number of carbonyl (C=O) groups excluding carboxylic acids is 2. The zero-order valence-electron chi connectivity index (χ0n) is 26.1. The minimum absolute atomic E-state index is 0.0152. The van der Waals surface area contributed by atoms with E-state index in [-0.39, 0.29) is 36.5 Å². The standard InChI is InChI=1S/C34H39N7O4S/c1-20-12-23(8-9-35-20)33(44)40-10-11-41(21(2)18-40)26-13-24(14-26)32(43)39-34-38-27-7-6-22(15-30(27)46-34)25-16-36-31(37-17-25)19-45-29-5-3-4-28(29)42/h6-9,12,15-17,21,24,26,28-29,42H,3-5,10-11,13-14,18-19H2,1-2H3,(H,38,39,43)/t21-,24-,26+,28-,29-/m0/s1. The van der Waals surface area contributed by atoms with Crippen LogP contribution in [0.5, 0.6) is 0 Å². The van der Waals surface area contributed by atoms with Crippen LogP contribution in [-0.4, -0.2) is 90.6 Å². The maximum atomic E-state index is 13.1. The minimum atomic E-state index is -0.399. The zero-order chi connectivity index (χ0) is 31.8. The van der Waals surface area contributed by atoms with E-state index in [0.29, 0.717) is 35.7 Å². The molecule has 2 amide bonds. The summed E-state index contributed by atoms with van der Waals surface area (Å²) in [5, 5.41) is 13.6. The van der Waals surface area contributed by atoms with Crippen LogP contribution in [0.1, 0.15) is 60.9 Å². The first-order valence-corrected chi connectivity index (χ1v) is 16.9. The van der Waals surface area contributed by atoms with Gasteiger partial charge >= 0.3 is 0 Å². The molecule has 2 aliphatic carbocycles. The van der Waals surface area contributed by atoms with Crippen molar-refractivity contribution < 1.29 is 19.4 Å². The summed E-state index contributed by atoms with van der Waals surface area (Å²) in [7, 11) is 0. The van der Waals surface area contributed by atoms with E-state index >= 15 is 0 Å². The summed E-state index contributed by atoms with van der Waals surface area (Å²) in [4.78, 5) is 48.3. The number of nitrogens with one attached hydrogen (secondary N) is 1. The number of piperazine rings is 1. The zero-order valence-corrected chi connectivity index (χ0v) is 26.9. The Morgan fingerprint density at radius 3 is 2.63 bits per heavy atom. The largest absolute Gasteiger partial charge is 0.390 e. The summed E-state index contributed by atoms with van der Waals surface area (Å²) in [5.41, 5.74) is 4.22. The molecule has 3 aliphatic rings. The van der Waals surface area contributed by atoms with Gasteiger partial charge in [-0.3, -0.25) is 19.5 Å². The molecular weight excluding hydrogens is 602 g/mol. The number of fused-ring (bicyclic) bond motifs is 1. The van der Waals surface area contributed by atoms with Gasteiger partial charge in [-0.1, -0.05) is 17.4 Å². The van der Waals surface area contributed by atoms with Gasteiger partial charge in [-0.25, -0.2) is 15.0 Å². The summed E-state index contributed by atoms with van der Waals surface area (Å²) in [6.45, 7) is 6.51. The first-order chi connectivity index (χ1) is 22.3. The van der Waals surface area contributed by atoms with Gasteiger partial charge in [0, 0.05) is 73.0 Å². The summed E-state index contributed by atoms with van der Waals surface area (Å²) in [6.07, 6.45) is 8.98. The fourth-order valence-corrected chi connectivity index (χ4v) is 7.77. The van der Waals surface area contributed by atoms with Crippen LogP contribution in [0.15, 0.2) is 48.9 Å². The topological polar surface area (TPSA) is 134 Å². The highest BCUT2D eigenvalue weighted by Gasteiger charge is 2.41. The molecule has 0 unspecified atom stereocenters. The summed E-state index contributed by atoms with van der Waals surface area (Å²) in [6, 6.07) is 10.2. The molecule has 0 bridgehead atoms. The molecule has 1 saturated heterocycles. The third-order valence-electron chi connectivity index (χ3n) is 9.56. The highest BCUT2D eigenvalue weighted by Crippen LogP contribution is 2.36. The van der Waals surface area contributed by atoms with Crippen molar-refractivity contribution in [1.82, 2.24) is 29.7 Å². The molecule has 4 aromatic rings. The van der Waals surface area contributed by atoms with Gasteiger partial charge in [0.05, 0.1) is 22.4 Å². The van der Waals surface area contributed by atoms with Crippen LogP contribution in [0.2, 0.25) is 0 Å². The summed E-state index contributed by atoms with van der Waals surface area (Å²) in [5.74, 6) is 0.615. The number of amides is 2. The Morgan fingerprint density at radius 2 is 1.89 bits per heavy atom. The van der Waals surface area contributed by atoms with E-state index in [1.54, 1.807) is 24.7 Å². The lowest BCUT2D eigenvalue weighted by Gasteiger charge is -2.49. The van der Waals surface area contributed by atoms with E-state index in [0.717, 1.165) is 65.7 Å². The third kappa shape index (κ3) is 6.52. The van der Waals surface area contributed by atoms with Gasteiger partial charge in [0.25, 0.3) is 5.91 Å². The lowest BCUT2D eigenvalue weighted by atomic mass is 9.78. The average molecular weight is 642 g/mol. The Morgan fingerprint density at radius 1 is 1.07 bits per heavy atom. The first-order valence-electron chi connectivity index (χ1n) is 16.1. The highest BCUT2D eigenvalue weighted by molar-refractivity contribution is 7.22. The second-order valence-corrected chi connectivity index (χ2v) is 13.8. The van der Waals surface area contributed by atoms with E-state index in [1.165, 1.54) is 11.3 Å². The van der Waals surface area contributed by atoms with Crippen molar-refractivity contribution in [3.63, 3.8) is 0 Å². The molecule has 1 aliphatic heterocycles. The fourth-order valence-electron chi connectivity index (χ4n) is 6.86. The van der Waals surface area contributed by atoms with Gasteiger partial charge in [0.1, 0.15) is 6.61 Å². The molecule has 3 fully saturated rings. The smallest absolute Gasteiger partial charge is 0.254 e. The molecule has 240 valence electrons. The Kier molecular flexibility index (Phi) is 8.78. The van der Waals surface area contributed by atoms with Crippen molar-refractivity contribution in [2.75, 3.05) is 25.0 Å². The summed E-state index contributed by atoms with van der Waals surface area (Å²) < 4.78 is 6.78. The number of benzene rings is 1. The molecule has 11 nitrogen and oxygen atoms in total. The molecule has 3 atom stereocenters. The predicted molar refractivity (Wildman–Crippen MR) is 175 cm³/mol. The second kappa shape index (κ2) is 13.1. The van der Waals surface area contributed by atoms with Gasteiger partial charge in [-0.05, 0) is 75.8 Å². The Bertz CT molecular complexity index is 1720. The molecule has 46 heavy (non-hydrogen) atoms. The van der Waals surface area contributed by atoms with Gasteiger partial charge in [0.2, 0.25) is 5.91 Å². The number of thiazole rings is 1. The second-order valence-electron chi connectivity index (χ2n) is 12.8. The molecular formula is C34H39N7O4S. The molecule has 2 N–H and O–H groups in total. The van der Waals surface area contributed by atoms with Crippen LogP contribution >= 0.6 is 11.3 Å². The number of aromatic nitrogens is 4. The molecule has 1 aromatic carbocycles.